The summed E-state index contributed by atoms with van der Waals surface area (Å²) in [5.41, 5.74) is 5.82. The number of halogens is 1. The molecule has 1 aromatic carbocycles. The molecule has 0 amide bonds. The van der Waals surface area contributed by atoms with E-state index in [1.54, 1.807) is 0 Å². The summed E-state index contributed by atoms with van der Waals surface area (Å²) in [5.74, 6) is -0.764. The highest BCUT2D eigenvalue weighted by Crippen LogP contribution is 2.34. The summed E-state index contributed by atoms with van der Waals surface area (Å²) in [4.78, 5) is -0.343. The zero-order valence-corrected chi connectivity index (χ0v) is 11.8. The van der Waals surface area contributed by atoms with E-state index >= 15 is 0 Å². The van der Waals surface area contributed by atoms with E-state index in [0.717, 1.165) is 25.3 Å². The molecule has 2 fully saturated rings. The van der Waals surface area contributed by atoms with Crippen LogP contribution >= 0.6 is 0 Å². The van der Waals surface area contributed by atoms with E-state index in [1.165, 1.54) is 16.4 Å². The molecule has 1 aliphatic heterocycles. The minimum Gasteiger partial charge on any atom is -0.399 e. The Hall–Kier alpha value is -1.18. The van der Waals surface area contributed by atoms with Gasteiger partial charge in [0.15, 0.2) is 0 Å². The van der Waals surface area contributed by atoms with Gasteiger partial charge >= 0.3 is 0 Å². The van der Waals surface area contributed by atoms with Crippen molar-refractivity contribution in [2.75, 3.05) is 18.9 Å². The molecule has 7 heteroatoms. The number of fused-ring (bicyclic) bond motifs is 1. The Balaban J connectivity index is 2.00. The molecule has 20 heavy (non-hydrogen) atoms. The molecule has 2 atom stereocenters. The molecular formula is C13H17FN2O3S. The van der Waals surface area contributed by atoms with E-state index in [0.29, 0.717) is 6.61 Å². The average molecular weight is 300 g/mol. The van der Waals surface area contributed by atoms with Crippen molar-refractivity contribution in [2.45, 2.75) is 36.3 Å². The number of anilines is 1. The number of nitrogens with two attached hydrogens (primary N) is 1. The maximum Gasteiger partial charge on any atom is 0.246 e. The van der Waals surface area contributed by atoms with Gasteiger partial charge in [-0.25, -0.2) is 12.8 Å². The van der Waals surface area contributed by atoms with Crippen molar-refractivity contribution in [1.29, 1.82) is 0 Å². The predicted octanol–water partition coefficient (Wildman–Crippen LogP) is 1.35. The molecule has 3 rings (SSSR count). The van der Waals surface area contributed by atoms with Crippen LogP contribution in [0.2, 0.25) is 0 Å². The summed E-state index contributed by atoms with van der Waals surface area (Å²) in [6.45, 7) is 0.613. The Labute approximate surface area is 117 Å². The Morgan fingerprint density at radius 2 is 2.15 bits per heavy atom. The van der Waals surface area contributed by atoms with Crippen LogP contribution in [0.5, 0.6) is 0 Å². The quantitative estimate of drug-likeness (QED) is 0.837. The molecule has 1 aromatic rings. The van der Waals surface area contributed by atoms with Crippen molar-refractivity contribution in [1.82, 2.24) is 4.31 Å². The molecule has 110 valence electrons. The number of rotatable bonds is 2. The summed E-state index contributed by atoms with van der Waals surface area (Å²) >= 11 is 0. The summed E-state index contributed by atoms with van der Waals surface area (Å²) < 4.78 is 46.2. The van der Waals surface area contributed by atoms with Gasteiger partial charge in [0, 0.05) is 12.2 Å². The zero-order valence-electron chi connectivity index (χ0n) is 11.0. The molecule has 0 bridgehead atoms. The minimum absolute atomic E-state index is 0.0670. The third-order valence-electron chi connectivity index (χ3n) is 3.97. The van der Waals surface area contributed by atoms with Crippen molar-refractivity contribution in [3.8, 4) is 0 Å². The van der Waals surface area contributed by atoms with Crippen LogP contribution in [-0.2, 0) is 14.8 Å². The summed E-state index contributed by atoms with van der Waals surface area (Å²) in [6, 6.07) is 3.44. The number of ether oxygens (including phenoxy) is 1. The van der Waals surface area contributed by atoms with Crippen molar-refractivity contribution in [3.05, 3.63) is 24.0 Å². The average Bonchev–Trinajstić information content (AvgIpc) is 2.89. The Kier molecular flexibility index (Phi) is 3.43. The van der Waals surface area contributed by atoms with Gasteiger partial charge in [-0.1, -0.05) is 0 Å². The zero-order chi connectivity index (χ0) is 14.3. The van der Waals surface area contributed by atoms with Gasteiger partial charge in [-0.2, -0.15) is 4.31 Å². The molecule has 1 aliphatic carbocycles. The lowest BCUT2D eigenvalue weighted by Gasteiger charge is -2.36. The number of nitrogen functional groups attached to an aromatic ring is 1. The maximum absolute atomic E-state index is 13.9. The fraction of sp³-hybridized carbons (Fsp3) is 0.538. The maximum atomic E-state index is 13.9. The van der Waals surface area contributed by atoms with Gasteiger partial charge in [-0.3, -0.25) is 0 Å². The second-order valence-corrected chi connectivity index (χ2v) is 7.07. The first-order valence-electron chi connectivity index (χ1n) is 6.68. The van der Waals surface area contributed by atoms with Crippen molar-refractivity contribution in [3.63, 3.8) is 0 Å². The lowest BCUT2D eigenvalue weighted by atomic mass is 10.2. The third kappa shape index (κ3) is 2.19. The van der Waals surface area contributed by atoms with Crippen LogP contribution < -0.4 is 5.73 Å². The molecule has 0 spiro atoms. The van der Waals surface area contributed by atoms with Crippen molar-refractivity contribution < 1.29 is 17.5 Å². The largest absolute Gasteiger partial charge is 0.399 e. The highest BCUT2D eigenvalue weighted by atomic mass is 32.2. The van der Waals surface area contributed by atoms with E-state index in [-0.39, 0.29) is 29.3 Å². The van der Waals surface area contributed by atoms with Crippen LogP contribution in [0.25, 0.3) is 0 Å². The lowest BCUT2D eigenvalue weighted by Crippen LogP contribution is -2.51. The normalized spacial score (nSPS) is 27.4. The Morgan fingerprint density at radius 1 is 1.35 bits per heavy atom. The van der Waals surface area contributed by atoms with Gasteiger partial charge in [0.25, 0.3) is 0 Å². The molecule has 2 unspecified atom stereocenters. The van der Waals surface area contributed by atoms with E-state index in [1.807, 2.05) is 0 Å². The fourth-order valence-electron chi connectivity index (χ4n) is 3.03. The first-order valence-corrected chi connectivity index (χ1v) is 8.12. The molecule has 5 nitrogen and oxygen atoms in total. The fourth-order valence-corrected chi connectivity index (χ4v) is 4.80. The smallest absolute Gasteiger partial charge is 0.246 e. The van der Waals surface area contributed by atoms with E-state index in [2.05, 4.69) is 0 Å². The van der Waals surface area contributed by atoms with Crippen LogP contribution in [0.4, 0.5) is 10.1 Å². The summed E-state index contributed by atoms with van der Waals surface area (Å²) in [7, 11) is -3.87. The van der Waals surface area contributed by atoms with Gasteiger partial charge in [0.2, 0.25) is 10.0 Å². The lowest BCUT2D eigenvalue weighted by molar-refractivity contribution is -0.0242. The Morgan fingerprint density at radius 3 is 2.95 bits per heavy atom. The molecule has 2 aliphatic rings. The van der Waals surface area contributed by atoms with Gasteiger partial charge in [-0.05, 0) is 37.5 Å². The molecule has 1 saturated heterocycles. The SMILES string of the molecule is Nc1ccc(F)c(S(=O)(=O)N2CCOC3CCCC32)c1. The van der Waals surface area contributed by atoms with Crippen molar-refractivity contribution in [2.24, 2.45) is 0 Å². The van der Waals surface area contributed by atoms with Gasteiger partial charge < -0.3 is 10.5 Å². The second-order valence-electron chi connectivity index (χ2n) is 5.21. The summed E-state index contributed by atoms with van der Waals surface area (Å²) in [5, 5.41) is 0. The minimum atomic E-state index is -3.87. The molecule has 1 saturated carbocycles. The van der Waals surface area contributed by atoms with Crippen LogP contribution in [0.3, 0.4) is 0 Å². The van der Waals surface area contributed by atoms with Crippen LogP contribution in [-0.4, -0.2) is 38.0 Å². The molecule has 2 N–H and O–H groups in total. The second kappa shape index (κ2) is 4.98. The van der Waals surface area contributed by atoms with Crippen molar-refractivity contribution >= 4 is 15.7 Å². The van der Waals surface area contributed by atoms with Crippen LogP contribution in [0.15, 0.2) is 23.1 Å². The number of hydrogen-bond acceptors (Lipinski definition) is 4. The molecule has 0 radical (unpaired) electrons. The molecular weight excluding hydrogens is 283 g/mol. The summed E-state index contributed by atoms with van der Waals surface area (Å²) in [6.07, 6.45) is 2.48. The number of sulfonamides is 1. The number of benzene rings is 1. The number of morpholine rings is 1. The van der Waals surface area contributed by atoms with E-state index < -0.39 is 15.8 Å². The third-order valence-corrected chi connectivity index (χ3v) is 5.91. The number of nitrogens with zero attached hydrogens (tertiary/aromatic N) is 1. The predicted molar refractivity (Wildman–Crippen MR) is 72.1 cm³/mol. The number of hydrogen-bond donors (Lipinski definition) is 1. The van der Waals surface area contributed by atoms with Gasteiger partial charge in [0.05, 0.1) is 18.8 Å². The highest BCUT2D eigenvalue weighted by molar-refractivity contribution is 7.89. The standard InChI is InChI=1S/C13H17FN2O3S/c14-10-5-4-9(15)8-13(10)20(17,18)16-6-7-19-12-3-1-2-11(12)16/h4-5,8,11-12H,1-3,6-7,15H2. The van der Waals surface area contributed by atoms with Crippen LogP contribution in [0, 0.1) is 5.82 Å². The topological polar surface area (TPSA) is 72.6 Å². The first kappa shape index (κ1) is 13.8. The van der Waals surface area contributed by atoms with E-state index in [9.17, 15) is 12.8 Å². The van der Waals surface area contributed by atoms with Crippen LogP contribution in [0.1, 0.15) is 19.3 Å². The van der Waals surface area contributed by atoms with Gasteiger partial charge in [-0.15, -0.1) is 0 Å². The van der Waals surface area contributed by atoms with Gasteiger partial charge in [0.1, 0.15) is 10.7 Å². The molecule has 1 heterocycles. The van der Waals surface area contributed by atoms with E-state index in [4.69, 9.17) is 10.5 Å². The highest BCUT2D eigenvalue weighted by Gasteiger charge is 2.43. The Bertz CT molecular complexity index is 620. The monoisotopic (exact) mass is 300 g/mol. The first-order chi connectivity index (χ1) is 9.50. The molecule has 0 aromatic heterocycles.